The van der Waals surface area contributed by atoms with Crippen molar-refractivity contribution in [2.24, 2.45) is 0 Å². The van der Waals surface area contributed by atoms with Gasteiger partial charge in [0.15, 0.2) is 24.2 Å². The van der Waals surface area contributed by atoms with Gasteiger partial charge in [0, 0.05) is 6.54 Å². The number of ether oxygens (including phenoxy) is 4. The van der Waals surface area contributed by atoms with E-state index >= 15 is 0 Å². The van der Waals surface area contributed by atoms with E-state index in [1.54, 1.807) is 43.3 Å². The summed E-state index contributed by atoms with van der Waals surface area (Å²) in [6, 6.07) is 14.3. The first-order valence-corrected chi connectivity index (χ1v) is 8.15. The first-order valence-electron chi connectivity index (χ1n) is 8.15. The average molecular weight is 357 g/mol. The molecule has 7 heteroatoms. The molecule has 0 saturated heterocycles. The largest absolute Gasteiger partial charge is 0.479 e. The fraction of sp³-hybridized carbons (Fsp3) is 0.263. The van der Waals surface area contributed by atoms with Gasteiger partial charge in [-0.25, -0.2) is 4.79 Å². The van der Waals surface area contributed by atoms with Gasteiger partial charge in [0.1, 0.15) is 5.75 Å². The molecule has 0 radical (unpaired) electrons. The van der Waals surface area contributed by atoms with Crippen LogP contribution in [0.15, 0.2) is 48.5 Å². The summed E-state index contributed by atoms with van der Waals surface area (Å²) >= 11 is 0. The number of fused-ring (bicyclic) bond motifs is 1. The molecule has 136 valence electrons. The molecular formula is C19H19NO6. The number of carbonyl (C=O) groups is 2. The molecular weight excluding hydrogens is 338 g/mol. The molecule has 7 nitrogen and oxygen atoms in total. The highest BCUT2D eigenvalue weighted by atomic mass is 16.7. The van der Waals surface area contributed by atoms with E-state index in [0.717, 1.165) is 5.56 Å². The van der Waals surface area contributed by atoms with Crippen LogP contribution in [0.25, 0.3) is 0 Å². The van der Waals surface area contributed by atoms with Gasteiger partial charge in [-0.05, 0) is 36.8 Å². The molecule has 1 amide bonds. The summed E-state index contributed by atoms with van der Waals surface area (Å²) in [5, 5.41) is 2.68. The molecule has 0 aromatic heterocycles. The first-order chi connectivity index (χ1) is 12.6. The molecule has 0 saturated carbocycles. The number of carbonyl (C=O) groups excluding carboxylic acids is 2. The van der Waals surface area contributed by atoms with Crippen LogP contribution in [0, 0.1) is 0 Å². The van der Waals surface area contributed by atoms with Crippen LogP contribution >= 0.6 is 0 Å². The summed E-state index contributed by atoms with van der Waals surface area (Å²) in [6.07, 6.45) is -0.806. The number of hydrogen-bond donors (Lipinski definition) is 1. The zero-order valence-electron chi connectivity index (χ0n) is 14.3. The minimum atomic E-state index is -0.806. The molecule has 3 rings (SSSR count). The lowest BCUT2D eigenvalue weighted by Gasteiger charge is -2.14. The average Bonchev–Trinajstić information content (AvgIpc) is 3.13. The van der Waals surface area contributed by atoms with Gasteiger partial charge >= 0.3 is 5.97 Å². The van der Waals surface area contributed by atoms with Crippen molar-refractivity contribution in [2.45, 2.75) is 19.6 Å². The third kappa shape index (κ3) is 4.66. The van der Waals surface area contributed by atoms with E-state index in [1.807, 2.05) is 12.1 Å². The van der Waals surface area contributed by atoms with Gasteiger partial charge < -0.3 is 24.3 Å². The summed E-state index contributed by atoms with van der Waals surface area (Å²) in [5.74, 6) is 0.885. The minimum Gasteiger partial charge on any atom is -0.479 e. The van der Waals surface area contributed by atoms with E-state index in [4.69, 9.17) is 18.9 Å². The van der Waals surface area contributed by atoms with Gasteiger partial charge in [0.25, 0.3) is 5.91 Å². The summed E-state index contributed by atoms with van der Waals surface area (Å²) < 4.78 is 20.9. The normalized spacial score (nSPS) is 13.0. The van der Waals surface area contributed by atoms with Gasteiger partial charge in [-0.2, -0.15) is 0 Å². The molecule has 26 heavy (non-hydrogen) atoms. The standard InChI is InChI=1S/C19H19NO6/c1-13(26-15-5-3-2-4-6-15)19(22)23-11-18(21)20-10-14-7-8-16-17(9-14)25-12-24-16/h2-9,13H,10-12H2,1H3,(H,20,21)/t13-/m1/s1. The van der Waals surface area contributed by atoms with Crippen LogP contribution < -0.4 is 19.5 Å². The number of para-hydroxylation sites is 1. The van der Waals surface area contributed by atoms with E-state index in [1.165, 1.54) is 0 Å². The van der Waals surface area contributed by atoms with Crippen molar-refractivity contribution in [1.29, 1.82) is 0 Å². The number of amides is 1. The molecule has 2 aromatic carbocycles. The van der Waals surface area contributed by atoms with Crippen molar-refractivity contribution in [2.75, 3.05) is 13.4 Å². The van der Waals surface area contributed by atoms with Crippen molar-refractivity contribution in [3.05, 3.63) is 54.1 Å². The SMILES string of the molecule is C[C@@H](Oc1ccccc1)C(=O)OCC(=O)NCc1ccc2c(c1)OCO2. The summed E-state index contributed by atoms with van der Waals surface area (Å²) in [5.41, 5.74) is 0.856. The van der Waals surface area contributed by atoms with E-state index in [0.29, 0.717) is 23.8 Å². The number of nitrogens with one attached hydrogen (secondary N) is 1. The predicted molar refractivity (Wildman–Crippen MR) is 91.9 cm³/mol. The topological polar surface area (TPSA) is 83.1 Å². The quantitative estimate of drug-likeness (QED) is 0.764. The summed E-state index contributed by atoms with van der Waals surface area (Å²) in [7, 11) is 0. The van der Waals surface area contributed by atoms with Crippen LogP contribution in [0.1, 0.15) is 12.5 Å². The van der Waals surface area contributed by atoms with Crippen LogP contribution in [0.4, 0.5) is 0 Å². The lowest BCUT2D eigenvalue weighted by atomic mass is 10.2. The summed E-state index contributed by atoms with van der Waals surface area (Å²) in [4.78, 5) is 23.7. The molecule has 0 unspecified atom stereocenters. The van der Waals surface area contributed by atoms with Gasteiger partial charge in [0.2, 0.25) is 6.79 Å². The Labute approximate surface area is 150 Å². The first kappa shape index (κ1) is 17.6. The second-order valence-corrected chi connectivity index (χ2v) is 5.65. The van der Waals surface area contributed by atoms with Gasteiger partial charge in [-0.1, -0.05) is 24.3 Å². The second-order valence-electron chi connectivity index (χ2n) is 5.65. The molecule has 0 bridgehead atoms. The summed E-state index contributed by atoms with van der Waals surface area (Å²) in [6.45, 7) is 1.69. The highest BCUT2D eigenvalue weighted by Crippen LogP contribution is 2.32. The highest BCUT2D eigenvalue weighted by molar-refractivity contribution is 5.82. The second kappa shape index (κ2) is 8.24. The third-order valence-electron chi connectivity index (χ3n) is 3.66. The maximum atomic E-state index is 11.9. The monoisotopic (exact) mass is 357 g/mol. The van der Waals surface area contributed by atoms with Gasteiger partial charge in [-0.15, -0.1) is 0 Å². The fourth-order valence-corrected chi connectivity index (χ4v) is 2.31. The van der Waals surface area contributed by atoms with Crippen LogP contribution in [-0.4, -0.2) is 31.4 Å². The Morgan fingerprint density at radius 2 is 1.88 bits per heavy atom. The van der Waals surface area contributed by atoms with Crippen LogP contribution in [0.3, 0.4) is 0 Å². The van der Waals surface area contributed by atoms with Crippen molar-refractivity contribution < 1.29 is 28.5 Å². The number of benzene rings is 2. The van der Waals surface area contributed by atoms with Crippen LogP contribution in [0.2, 0.25) is 0 Å². The fourth-order valence-electron chi connectivity index (χ4n) is 2.31. The van der Waals surface area contributed by atoms with Crippen LogP contribution in [-0.2, 0) is 20.9 Å². The Kier molecular flexibility index (Phi) is 5.58. The molecule has 0 spiro atoms. The Bertz CT molecular complexity index is 777. The third-order valence-corrected chi connectivity index (χ3v) is 3.66. The molecule has 1 aliphatic heterocycles. The zero-order valence-corrected chi connectivity index (χ0v) is 14.3. The predicted octanol–water partition coefficient (Wildman–Crippen LogP) is 2.04. The molecule has 0 fully saturated rings. The number of hydrogen-bond acceptors (Lipinski definition) is 6. The molecule has 1 heterocycles. The maximum Gasteiger partial charge on any atom is 0.347 e. The molecule has 1 atom stereocenters. The molecule has 2 aromatic rings. The van der Waals surface area contributed by atoms with E-state index in [2.05, 4.69) is 5.32 Å². The minimum absolute atomic E-state index is 0.199. The molecule has 1 aliphatic rings. The van der Waals surface area contributed by atoms with E-state index in [-0.39, 0.29) is 13.4 Å². The van der Waals surface area contributed by atoms with Crippen molar-refractivity contribution in [3.8, 4) is 17.2 Å². The number of rotatable bonds is 7. The lowest BCUT2D eigenvalue weighted by molar-refractivity contribution is -0.154. The maximum absolute atomic E-state index is 11.9. The van der Waals surface area contributed by atoms with Crippen molar-refractivity contribution in [1.82, 2.24) is 5.32 Å². The van der Waals surface area contributed by atoms with E-state index < -0.39 is 18.0 Å². The Balaban J connectivity index is 1.40. The smallest absolute Gasteiger partial charge is 0.347 e. The number of esters is 1. The molecule has 1 N–H and O–H groups in total. The lowest BCUT2D eigenvalue weighted by Crippen LogP contribution is -2.32. The van der Waals surface area contributed by atoms with Crippen molar-refractivity contribution in [3.63, 3.8) is 0 Å². The Morgan fingerprint density at radius 3 is 2.69 bits per heavy atom. The van der Waals surface area contributed by atoms with Crippen molar-refractivity contribution >= 4 is 11.9 Å². The van der Waals surface area contributed by atoms with Gasteiger partial charge in [0.05, 0.1) is 0 Å². The van der Waals surface area contributed by atoms with Crippen LogP contribution in [0.5, 0.6) is 17.2 Å². The molecule has 0 aliphatic carbocycles. The van der Waals surface area contributed by atoms with E-state index in [9.17, 15) is 9.59 Å². The highest BCUT2D eigenvalue weighted by Gasteiger charge is 2.18. The Hall–Kier alpha value is -3.22. The Morgan fingerprint density at radius 1 is 1.12 bits per heavy atom. The zero-order chi connectivity index (χ0) is 18.4. The van der Waals surface area contributed by atoms with Gasteiger partial charge in [-0.3, -0.25) is 4.79 Å².